The molecule has 11 heteroatoms. The summed E-state index contributed by atoms with van der Waals surface area (Å²) >= 11 is 6.24. The molecule has 0 aliphatic heterocycles. The number of hydrogen-bond acceptors (Lipinski definition) is 10. The summed E-state index contributed by atoms with van der Waals surface area (Å²) < 4.78 is 10.3. The summed E-state index contributed by atoms with van der Waals surface area (Å²) in [4.78, 5) is 12.2. The van der Waals surface area contributed by atoms with Crippen LogP contribution in [0.1, 0.15) is 17.5 Å². The maximum absolute atomic E-state index is 10.3. The van der Waals surface area contributed by atoms with Gasteiger partial charge in [0, 0.05) is 18.6 Å². The number of nitrogens with zero attached hydrogens (tertiary/aromatic N) is 3. The van der Waals surface area contributed by atoms with Crippen molar-refractivity contribution in [1.29, 1.82) is 0 Å². The fourth-order valence-electron chi connectivity index (χ4n) is 3.21. The Morgan fingerprint density at radius 2 is 1.93 bits per heavy atom. The van der Waals surface area contributed by atoms with E-state index in [2.05, 4.69) is 32.1 Å². The number of methoxy groups -OCH3 is 2. The highest BCUT2D eigenvalue weighted by atomic mass is 35.5. The molecule has 0 amide bonds. The van der Waals surface area contributed by atoms with E-state index in [0.717, 1.165) is 0 Å². The van der Waals surface area contributed by atoms with Crippen LogP contribution in [0.15, 0.2) is 12.1 Å². The van der Waals surface area contributed by atoms with Crippen LogP contribution in [0.2, 0.25) is 5.15 Å². The van der Waals surface area contributed by atoms with Crippen LogP contribution < -0.4 is 20.5 Å². The molecular formula is C19H22ClN5O5. The van der Waals surface area contributed by atoms with Crippen molar-refractivity contribution < 1.29 is 24.8 Å². The van der Waals surface area contributed by atoms with E-state index in [1.165, 1.54) is 14.2 Å². The lowest BCUT2D eigenvalue weighted by atomic mass is 10.1. The lowest BCUT2D eigenvalue weighted by Crippen LogP contribution is -2.35. The van der Waals surface area contributed by atoms with E-state index in [-0.39, 0.29) is 35.0 Å². The molecule has 2 heterocycles. The van der Waals surface area contributed by atoms with Crippen LogP contribution in [-0.4, -0.2) is 69.3 Å². The second kappa shape index (κ2) is 9.32. The molecule has 10 nitrogen and oxygen atoms in total. The van der Waals surface area contributed by atoms with Crippen molar-refractivity contribution >= 4 is 23.4 Å². The van der Waals surface area contributed by atoms with E-state index in [1.807, 2.05) is 0 Å². The van der Waals surface area contributed by atoms with E-state index in [9.17, 15) is 15.3 Å². The molecule has 4 unspecified atom stereocenters. The van der Waals surface area contributed by atoms with Gasteiger partial charge in [0.1, 0.15) is 17.5 Å². The van der Waals surface area contributed by atoms with E-state index in [4.69, 9.17) is 26.8 Å². The van der Waals surface area contributed by atoms with Gasteiger partial charge in [-0.15, -0.1) is 0 Å². The predicted molar refractivity (Wildman–Crippen MR) is 109 cm³/mol. The summed E-state index contributed by atoms with van der Waals surface area (Å²) in [7, 11) is 2.95. The number of rotatable bonds is 5. The van der Waals surface area contributed by atoms with E-state index in [1.54, 1.807) is 12.1 Å². The summed E-state index contributed by atoms with van der Waals surface area (Å²) in [6.07, 6.45) is -1.85. The summed E-state index contributed by atoms with van der Waals surface area (Å²) in [6.45, 7) is -0.250. The predicted octanol–water partition coefficient (Wildman–Crippen LogP) is 0.0387. The van der Waals surface area contributed by atoms with Gasteiger partial charge in [-0.2, -0.15) is 15.0 Å². The molecule has 1 fully saturated rings. The van der Waals surface area contributed by atoms with E-state index >= 15 is 0 Å². The third kappa shape index (κ3) is 4.49. The van der Waals surface area contributed by atoms with Crippen molar-refractivity contribution in [2.45, 2.75) is 24.7 Å². The number of ether oxygens (including phenoxy) is 2. The van der Waals surface area contributed by atoms with Crippen molar-refractivity contribution in [3.8, 4) is 23.6 Å². The Bertz CT molecular complexity index is 980. The first-order valence-electron chi connectivity index (χ1n) is 9.05. The Balaban J connectivity index is 1.95. The fraction of sp³-hybridized carbons (Fsp3) is 0.421. The second-order valence-electron chi connectivity index (χ2n) is 6.67. The third-order valence-corrected chi connectivity index (χ3v) is 5.07. The van der Waals surface area contributed by atoms with Gasteiger partial charge in [-0.05, 0) is 12.5 Å². The largest absolute Gasteiger partial charge is 0.481 e. The zero-order valence-electron chi connectivity index (χ0n) is 16.3. The molecule has 1 saturated carbocycles. The summed E-state index contributed by atoms with van der Waals surface area (Å²) in [6, 6.07) is 2.73. The van der Waals surface area contributed by atoms with Crippen molar-refractivity contribution in [3.63, 3.8) is 0 Å². The number of nitrogens with two attached hydrogens (primary N) is 1. The molecule has 4 atom stereocenters. The third-order valence-electron chi connectivity index (χ3n) is 4.80. The van der Waals surface area contributed by atoms with Crippen LogP contribution in [0.3, 0.4) is 0 Å². The number of halogens is 1. The zero-order valence-corrected chi connectivity index (χ0v) is 17.1. The van der Waals surface area contributed by atoms with Gasteiger partial charge in [0.25, 0.3) is 0 Å². The number of anilines is 2. The average Bonchev–Trinajstić information content (AvgIpc) is 3.00. The van der Waals surface area contributed by atoms with Gasteiger partial charge in [0.2, 0.25) is 17.7 Å². The number of pyridine rings is 1. The standard InChI is InChI=1S/C19H22ClN5O5/c1-29-13-6-4-9(18(23-13)30-2)3-5-11-16(20)24-19(21)25-17(11)22-12-7-10(8-26)14(27)15(12)28/h4,6,10,12,14-15,26-28H,7-8H2,1-2H3,(H3,21,22,24,25). The molecule has 0 spiro atoms. The van der Waals surface area contributed by atoms with Crippen LogP contribution in [0, 0.1) is 17.8 Å². The van der Waals surface area contributed by atoms with Gasteiger partial charge < -0.3 is 35.8 Å². The topological polar surface area (TPSA) is 156 Å². The Hall–Kier alpha value is -2.84. The quantitative estimate of drug-likeness (QED) is 0.321. The summed E-state index contributed by atoms with van der Waals surface area (Å²) in [5, 5.41) is 32.7. The molecule has 2 aromatic heterocycles. The highest BCUT2D eigenvalue weighted by Crippen LogP contribution is 2.31. The average molecular weight is 436 g/mol. The summed E-state index contributed by atoms with van der Waals surface area (Å²) in [5.74, 6) is 6.10. The molecule has 0 bridgehead atoms. The first-order chi connectivity index (χ1) is 14.4. The molecule has 6 N–H and O–H groups in total. The minimum absolute atomic E-state index is 0.0182. The maximum atomic E-state index is 10.3. The fourth-order valence-corrected chi connectivity index (χ4v) is 3.43. The molecule has 3 rings (SSSR count). The molecule has 0 saturated heterocycles. The molecule has 160 valence electrons. The normalized spacial score (nSPS) is 22.9. The molecule has 0 aromatic carbocycles. The number of aliphatic hydroxyl groups excluding tert-OH is 3. The molecule has 1 aliphatic rings. The van der Waals surface area contributed by atoms with Gasteiger partial charge in [-0.25, -0.2) is 0 Å². The molecule has 0 radical (unpaired) electrons. The van der Waals surface area contributed by atoms with E-state index < -0.39 is 24.2 Å². The maximum Gasteiger partial charge on any atom is 0.232 e. The Morgan fingerprint density at radius 3 is 2.57 bits per heavy atom. The minimum Gasteiger partial charge on any atom is -0.481 e. The van der Waals surface area contributed by atoms with Gasteiger partial charge in [0.15, 0.2) is 5.15 Å². The lowest BCUT2D eigenvalue weighted by molar-refractivity contribution is 0.00445. The van der Waals surface area contributed by atoms with Crippen molar-refractivity contribution in [1.82, 2.24) is 15.0 Å². The van der Waals surface area contributed by atoms with Crippen molar-refractivity contribution in [2.24, 2.45) is 5.92 Å². The van der Waals surface area contributed by atoms with Crippen LogP contribution in [0.25, 0.3) is 0 Å². The molecular weight excluding hydrogens is 414 g/mol. The Morgan fingerprint density at radius 1 is 1.17 bits per heavy atom. The molecule has 1 aliphatic carbocycles. The number of aliphatic hydroxyl groups is 3. The Labute approximate surface area is 178 Å². The van der Waals surface area contributed by atoms with E-state index in [0.29, 0.717) is 17.9 Å². The number of hydrogen-bond donors (Lipinski definition) is 5. The van der Waals surface area contributed by atoms with Crippen LogP contribution in [0.5, 0.6) is 11.8 Å². The van der Waals surface area contributed by atoms with Crippen LogP contribution in [0.4, 0.5) is 11.8 Å². The second-order valence-corrected chi connectivity index (χ2v) is 7.03. The molecule has 2 aromatic rings. The van der Waals surface area contributed by atoms with Gasteiger partial charge in [0.05, 0.1) is 31.9 Å². The SMILES string of the molecule is COc1ccc(C#Cc2c(Cl)nc(N)nc2NC2CC(CO)C(O)C2O)c(OC)n1. The smallest absolute Gasteiger partial charge is 0.232 e. The number of aromatic nitrogens is 3. The van der Waals surface area contributed by atoms with Gasteiger partial charge >= 0.3 is 0 Å². The van der Waals surface area contributed by atoms with Crippen LogP contribution in [-0.2, 0) is 0 Å². The first-order valence-corrected chi connectivity index (χ1v) is 9.43. The van der Waals surface area contributed by atoms with Gasteiger partial charge in [-0.3, -0.25) is 0 Å². The lowest BCUT2D eigenvalue weighted by Gasteiger charge is -2.19. The van der Waals surface area contributed by atoms with Crippen molar-refractivity contribution in [2.75, 3.05) is 31.9 Å². The zero-order chi connectivity index (χ0) is 21.8. The summed E-state index contributed by atoms with van der Waals surface area (Å²) in [5.41, 5.74) is 6.44. The van der Waals surface area contributed by atoms with Crippen LogP contribution >= 0.6 is 11.6 Å². The monoisotopic (exact) mass is 435 g/mol. The highest BCUT2D eigenvalue weighted by molar-refractivity contribution is 6.31. The van der Waals surface area contributed by atoms with Crippen molar-refractivity contribution in [3.05, 3.63) is 28.4 Å². The minimum atomic E-state index is -1.11. The highest BCUT2D eigenvalue weighted by Gasteiger charge is 2.41. The number of nitrogens with one attached hydrogen (secondary N) is 1. The Kier molecular flexibility index (Phi) is 6.79. The molecule has 30 heavy (non-hydrogen) atoms. The van der Waals surface area contributed by atoms with Gasteiger partial charge in [-0.1, -0.05) is 23.4 Å². The first kappa shape index (κ1) is 21.9. The number of nitrogen functional groups attached to an aromatic ring is 1.